The number of hydrogen-bond acceptors (Lipinski definition) is 3. The fraction of sp³-hybridized carbons (Fsp3) is 0.333. The van der Waals surface area contributed by atoms with Gasteiger partial charge >= 0.3 is 0 Å². The Labute approximate surface area is 247 Å². The Balaban J connectivity index is 1.43. The van der Waals surface area contributed by atoms with Crippen LogP contribution < -0.4 is 15.1 Å². The van der Waals surface area contributed by atoms with E-state index in [0.717, 1.165) is 46.6 Å². The summed E-state index contributed by atoms with van der Waals surface area (Å²) < 4.78 is 2.27. The highest BCUT2D eigenvalue weighted by Crippen LogP contribution is 2.44. The number of hydrogen-bond donors (Lipinski definition) is 1. The van der Waals surface area contributed by atoms with Gasteiger partial charge in [-0.3, -0.25) is 4.98 Å². The lowest BCUT2D eigenvalue weighted by Crippen LogP contribution is -2.38. The van der Waals surface area contributed by atoms with Crippen LogP contribution in [0.1, 0.15) is 54.9 Å². The zero-order valence-electron chi connectivity index (χ0n) is 23.5. The number of halogens is 1. The second kappa shape index (κ2) is 10.9. The molecule has 6 rings (SSSR count). The van der Waals surface area contributed by atoms with Crippen LogP contribution in [0.3, 0.4) is 0 Å². The molecule has 0 unspecified atom stereocenters. The lowest BCUT2D eigenvalue weighted by atomic mass is 9.91. The molecule has 1 N–H and O–H groups in total. The minimum atomic E-state index is -0.129. The highest BCUT2D eigenvalue weighted by atomic mass is 35.5. The number of thiocarbonyl (C=S) groups is 1. The van der Waals surface area contributed by atoms with Gasteiger partial charge in [-0.25, -0.2) is 0 Å². The van der Waals surface area contributed by atoms with E-state index in [9.17, 15) is 0 Å². The molecule has 2 aromatic heterocycles. The van der Waals surface area contributed by atoms with Gasteiger partial charge in [0.25, 0.3) is 0 Å². The minimum Gasteiger partial charge on any atom is -0.370 e. The average Bonchev–Trinajstić information content (AvgIpc) is 3.54. The average molecular weight is 570 g/mol. The third-order valence-corrected chi connectivity index (χ3v) is 8.99. The number of anilines is 2. The van der Waals surface area contributed by atoms with E-state index in [2.05, 4.69) is 108 Å². The first-order chi connectivity index (χ1) is 19.3. The molecule has 0 aliphatic carbocycles. The predicted molar refractivity (Wildman–Crippen MR) is 170 cm³/mol. The molecule has 40 heavy (non-hydrogen) atoms. The number of nitrogens with zero attached hydrogens (tertiary/aromatic N) is 4. The fourth-order valence-electron chi connectivity index (χ4n) is 6.44. The van der Waals surface area contributed by atoms with Gasteiger partial charge in [0.1, 0.15) is 6.04 Å². The Morgan fingerprint density at radius 2 is 1.68 bits per heavy atom. The summed E-state index contributed by atoms with van der Waals surface area (Å²) in [6.45, 7) is 11.0. The van der Waals surface area contributed by atoms with Gasteiger partial charge in [0.2, 0.25) is 0 Å². The molecule has 0 amide bonds. The van der Waals surface area contributed by atoms with Gasteiger partial charge < -0.3 is 19.7 Å². The summed E-state index contributed by atoms with van der Waals surface area (Å²) in [5, 5.41) is 5.01. The van der Waals surface area contributed by atoms with Crippen LogP contribution in [0.4, 0.5) is 11.4 Å². The van der Waals surface area contributed by atoms with E-state index in [4.69, 9.17) is 28.8 Å². The van der Waals surface area contributed by atoms with Crippen LogP contribution >= 0.6 is 23.8 Å². The third kappa shape index (κ3) is 4.99. The van der Waals surface area contributed by atoms with Crippen molar-refractivity contribution < 1.29 is 0 Å². The number of aryl methyl sites for hydroxylation is 2. The van der Waals surface area contributed by atoms with E-state index in [1.807, 2.05) is 18.3 Å². The predicted octanol–water partition coefficient (Wildman–Crippen LogP) is 7.80. The van der Waals surface area contributed by atoms with Crippen LogP contribution in [-0.4, -0.2) is 27.8 Å². The maximum absolute atomic E-state index is 7.02. The van der Waals surface area contributed by atoms with E-state index in [-0.39, 0.29) is 12.1 Å². The van der Waals surface area contributed by atoms with Gasteiger partial charge in [-0.1, -0.05) is 37.6 Å². The molecule has 2 aliphatic rings. The van der Waals surface area contributed by atoms with Crippen molar-refractivity contribution in [2.75, 3.05) is 22.9 Å². The highest BCUT2D eigenvalue weighted by molar-refractivity contribution is 7.80. The van der Waals surface area contributed by atoms with Crippen molar-refractivity contribution >= 4 is 40.3 Å². The first-order valence-electron chi connectivity index (χ1n) is 14.1. The Hall–Kier alpha value is -3.35. The molecule has 0 saturated carbocycles. The molecule has 2 aromatic carbocycles. The van der Waals surface area contributed by atoms with Crippen molar-refractivity contribution in [2.45, 2.75) is 46.2 Å². The van der Waals surface area contributed by atoms with Gasteiger partial charge in [-0.2, -0.15) is 0 Å². The van der Waals surface area contributed by atoms with Crippen LogP contribution in [0.2, 0.25) is 5.02 Å². The molecule has 7 heteroatoms. The molecule has 2 saturated heterocycles. The van der Waals surface area contributed by atoms with Crippen molar-refractivity contribution in [3.8, 4) is 5.69 Å². The minimum absolute atomic E-state index is 0.129. The molecular weight excluding hydrogens is 534 g/mol. The molecule has 0 bridgehead atoms. The van der Waals surface area contributed by atoms with Crippen molar-refractivity contribution in [3.63, 3.8) is 0 Å². The zero-order chi connectivity index (χ0) is 28.0. The molecule has 2 fully saturated rings. The topological polar surface area (TPSA) is 36.3 Å². The number of aromatic nitrogens is 2. The summed E-state index contributed by atoms with van der Waals surface area (Å²) in [4.78, 5) is 9.37. The molecule has 2 aliphatic heterocycles. The summed E-state index contributed by atoms with van der Waals surface area (Å²) in [5.41, 5.74) is 7.82. The van der Waals surface area contributed by atoms with E-state index in [1.165, 1.54) is 17.5 Å². The SMILES string of the molecule is Cc1ccc(-n2cccc2[C@H]2[C@@H](c3ccccn3)NC(=S)N2c2ccc(N3C[C@H](C)C[C@H](C)C3)c(Cl)c2)cc1C. The smallest absolute Gasteiger partial charge is 0.174 e. The summed E-state index contributed by atoms with van der Waals surface area (Å²) in [6.07, 6.45) is 5.23. The van der Waals surface area contributed by atoms with E-state index < -0.39 is 0 Å². The second-order valence-electron chi connectivity index (χ2n) is 11.6. The standard InChI is InChI=1S/C33H36ClN5S/c1-21-16-22(2)20-37(19-21)29-13-12-26(18-27(29)34)39-32(31(36-33(39)40)28-8-5-6-14-35-28)30-9-7-15-38(30)25-11-10-23(3)24(4)17-25/h5-15,17-18,21-22,31-32H,16,19-20H2,1-4H3,(H,36,40)/t21-,22+,31-,32+/m1/s1. The molecule has 4 heterocycles. The number of rotatable bonds is 5. The van der Waals surface area contributed by atoms with Gasteiger partial charge in [-0.15, -0.1) is 0 Å². The Morgan fingerprint density at radius 3 is 2.38 bits per heavy atom. The van der Waals surface area contributed by atoms with Crippen LogP contribution in [0.25, 0.3) is 5.69 Å². The van der Waals surface area contributed by atoms with Gasteiger partial charge in [0.05, 0.1) is 22.4 Å². The zero-order valence-corrected chi connectivity index (χ0v) is 25.1. The third-order valence-electron chi connectivity index (χ3n) is 8.37. The Morgan fingerprint density at radius 1 is 0.900 bits per heavy atom. The van der Waals surface area contributed by atoms with Crippen LogP contribution in [0.15, 0.2) is 79.1 Å². The van der Waals surface area contributed by atoms with Crippen molar-refractivity contribution in [3.05, 3.63) is 107 Å². The molecule has 5 nitrogen and oxygen atoms in total. The first-order valence-corrected chi connectivity index (χ1v) is 14.9. The molecule has 0 spiro atoms. The lowest BCUT2D eigenvalue weighted by molar-refractivity contribution is 0.357. The first kappa shape index (κ1) is 26.9. The highest BCUT2D eigenvalue weighted by Gasteiger charge is 2.42. The normalized spacial score (nSPS) is 23.0. The summed E-state index contributed by atoms with van der Waals surface area (Å²) in [6, 6.07) is 23.1. The van der Waals surface area contributed by atoms with Gasteiger partial charge in [0, 0.05) is 42.6 Å². The van der Waals surface area contributed by atoms with Crippen molar-refractivity contribution in [1.82, 2.24) is 14.9 Å². The number of nitrogens with one attached hydrogen (secondary N) is 1. The van der Waals surface area contributed by atoms with E-state index >= 15 is 0 Å². The van der Waals surface area contributed by atoms with E-state index in [0.29, 0.717) is 16.9 Å². The molecule has 0 radical (unpaired) electrons. The molecule has 4 aromatic rings. The number of piperidine rings is 1. The number of benzene rings is 2. The second-order valence-corrected chi connectivity index (χ2v) is 12.3. The van der Waals surface area contributed by atoms with Gasteiger partial charge in [0.15, 0.2) is 5.11 Å². The largest absolute Gasteiger partial charge is 0.370 e. The lowest BCUT2D eigenvalue weighted by Gasteiger charge is -2.37. The van der Waals surface area contributed by atoms with E-state index in [1.54, 1.807) is 0 Å². The Bertz CT molecular complexity index is 1520. The van der Waals surface area contributed by atoms with Crippen molar-refractivity contribution in [2.24, 2.45) is 11.8 Å². The van der Waals surface area contributed by atoms with Crippen LogP contribution in [0, 0.1) is 25.7 Å². The monoisotopic (exact) mass is 569 g/mol. The van der Waals surface area contributed by atoms with Gasteiger partial charge in [-0.05, 0) is 110 Å². The van der Waals surface area contributed by atoms with Crippen LogP contribution in [0.5, 0.6) is 0 Å². The summed E-state index contributed by atoms with van der Waals surface area (Å²) >= 11 is 13.0. The maximum Gasteiger partial charge on any atom is 0.174 e. The molecule has 206 valence electrons. The quantitative estimate of drug-likeness (QED) is 0.248. The summed E-state index contributed by atoms with van der Waals surface area (Å²) in [5.74, 6) is 1.30. The Kier molecular flexibility index (Phi) is 7.32. The molecule has 4 atom stereocenters. The fourth-order valence-corrected chi connectivity index (χ4v) is 7.08. The van der Waals surface area contributed by atoms with Crippen LogP contribution in [-0.2, 0) is 0 Å². The maximum atomic E-state index is 7.02. The number of pyridine rings is 1. The van der Waals surface area contributed by atoms with Crippen molar-refractivity contribution in [1.29, 1.82) is 0 Å². The molecular formula is C33H36ClN5S. The summed E-state index contributed by atoms with van der Waals surface area (Å²) in [7, 11) is 0.